The van der Waals surface area contributed by atoms with Crippen LogP contribution in [0.1, 0.15) is 20.3 Å². The molecule has 2 amide bonds. The summed E-state index contributed by atoms with van der Waals surface area (Å²) in [6.45, 7) is 4.97. The molecule has 0 saturated carbocycles. The van der Waals surface area contributed by atoms with E-state index in [0.717, 1.165) is 13.0 Å². The van der Waals surface area contributed by atoms with Crippen LogP contribution in [-0.4, -0.2) is 28.5 Å². The first-order valence-electron chi connectivity index (χ1n) is 5.86. The number of urea groups is 1. The van der Waals surface area contributed by atoms with Gasteiger partial charge in [-0.3, -0.25) is 0 Å². The highest BCUT2D eigenvalue weighted by Gasteiger charge is 2.29. The van der Waals surface area contributed by atoms with Crippen molar-refractivity contribution in [3.05, 3.63) is 22.4 Å². The van der Waals surface area contributed by atoms with Crippen molar-refractivity contribution in [3.8, 4) is 0 Å². The van der Waals surface area contributed by atoms with Crippen molar-refractivity contribution in [1.29, 1.82) is 0 Å². The molecule has 1 aromatic rings. The van der Waals surface area contributed by atoms with E-state index in [9.17, 15) is 4.79 Å². The maximum Gasteiger partial charge on any atom is 0.322 e. The molecule has 0 aromatic carbocycles. The second-order valence-electron chi connectivity index (χ2n) is 4.77. The monoisotopic (exact) mass is 287 g/mol. The highest BCUT2D eigenvalue weighted by Crippen LogP contribution is 2.24. The van der Waals surface area contributed by atoms with Gasteiger partial charge in [0.15, 0.2) is 0 Å². The summed E-state index contributed by atoms with van der Waals surface area (Å²) in [5.41, 5.74) is 0.566. The average molecular weight is 288 g/mol. The van der Waals surface area contributed by atoms with E-state index >= 15 is 0 Å². The van der Waals surface area contributed by atoms with E-state index in [1.54, 1.807) is 12.1 Å². The lowest BCUT2D eigenvalue weighted by molar-refractivity contribution is 0.209. The molecule has 1 aromatic heterocycles. The Morgan fingerprint density at radius 1 is 1.39 bits per heavy atom. The molecule has 0 radical (unpaired) electrons. The van der Waals surface area contributed by atoms with Gasteiger partial charge in [-0.05, 0) is 31.4 Å². The van der Waals surface area contributed by atoms with Gasteiger partial charge in [-0.15, -0.1) is 0 Å². The van der Waals surface area contributed by atoms with Crippen LogP contribution in [0.15, 0.2) is 12.1 Å². The molecule has 1 aliphatic heterocycles. The lowest BCUT2D eigenvalue weighted by atomic mass is 10.1. The first-order valence-corrected chi connectivity index (χ1v) is 6.62. The zero-order valence-corrected chi connectivity index (χ0v) is 11.8. The second kappa shape index (κ2) is 5.33. The van der Waals surface area contributed by atoms with Crippen molar-refractivity contribution in [2.45, 2.75) is 26.3 Å². The molecule has 1 N–H and O–H groups in total. The fraction of sp³-hybridized carbons (Fsp3) is 0.500. The third kappa shape index (κ3) is 3.06. The minimum absolute atomic E-state index is 0.120. The summed E-state index contributed by atoms with van der Waals surface area (Å²) < 4.78 is 0. The maximum atomic E-state index is 12.1. The van der Waals surface area contributed by atoms with Crippen molar-refractivity contribution in [1.82, 2.24) is 9.88 Å². The van der Waals surface area contributed by atoms with E-state index < -0.39 is 0 Å². The number of hydrogen-bond donors (Lipinski definition) is 1. The normalized spacial score (nSPS) is 23.2. The summed E-state index contributed by atoms with van der Waals surface area (Å²) in [5, 5.41) is 3.32. The van der Waals surface area contributed by atoms with Gasteiger partial charge in [0.1, 0.15) is 10.3 Å². The third-order valence-electron chi connectivity index (χ3n) is 3.06. The third-order valence-corrected chi connectivity index (χ3v) is 3.45. The summed E-state index contributed by atoms with van der Waals surface area (Å²) in [7, 11) is 0. The molecule has 1 saturated heterocycles. The van der Waals surface area contributed by atoms with Crippen LogP contribution in [0.25, 0.3) is 0 Å². The lowest BCUT2D eigenvalue weighted by Crippen LogP contribution is -2.37. The molecule has 1 aliphatic rings. The Labute approximate surface area is 116 Å². The quantitative estimate of drug-likeness (QED) is 0.802. The molecule has 2 rings (SSSR count). The van der Waals surface area contributed by atoms with Crippen LogP contribution in [0.4, 0.5) is 10.5 Å². The van der Waals surface area contributed by atoms with E-state index in [-0.39, 0.29) is 22.4 Å². The number of likely N-dealkylation sites (tertiary alicyclic amines) is 1. The number of rotatable bonds is 1. The number of nitrogens with zero attached hydrogens (tertiary/aromatic N) is 2. The average Bonchev–Trinajstić information content (AvgIpc) is 2.56. The molecule has 4 nitrogen and oxygen atoms in total. The van der Waals surface area contributed by atoms with E-state index in [0.29, 0.717) is 11.6 Å². The molecule has 0 bridgehead atoms. The highest BCUT2D eigenvalue weighted by atomic mass is 35.5. The Morgan fingerprint density at radius 2 is 2.00 bits per heavy atom. The molecular formula is C12H15Cl2N3O. The van der Waals surface area contributed by atoms with Gasteiger partial charge >= 0.3 is 6.03 Å². The first-order chi connectivity index (χ1) is 8.45. The number of anilines is 1. The van der Waals surface area contributed by atoms with E-state index in [2.05, 4.69) is 24.1 Å². The zero-order valence-electron chi connectivity index (χ0n) is 10.3. The van der Waals surface area contributed by atoms with Gasteiger partial charge in [0.2, 0.25) is 0 Å². The Balaban J connectivity index is 2.07. The van der Waals surface area contributed by atoms with Gasteiger partial charge in [0, 0.05) is 18.3 Å². The van der Waals surface area contributed by atoms with Crippen molar-refractivity contribution in [2.75, 3.05) is 11.9 Å². The van der Waals surface area contributed by atoms with Gasteiger partial charge in [0.05, 0.1) is 0 Å². The first kappa shape index (κ1) is 13.4. The summed E-state index contributed by atoms with van der Waals surface area (Å²) in [5.74, 6) is 0.537. The molecule has 2 heterocycles. The number of carbonyl (C=O) groups is 1. The Morgan fingerprint density at radius 3 is 2.50 bits per heavy atom. The summed E-state index contributed by atoms with van der Waals surface area (Å²) in [6.07, 6.45) is 1.03. The van der Waals surface area contributed by atoms with Crippen molar-refractivity contribution < 1.29 is 4.79 Å². The molecule has 0 unspecified atom stereocenters. The SMILES string of the molecule is C[C@@H]1C[C@@H](C)N(C(=O)Nc2cc(Cl)nc(Cl)c2)C1. The predicted molar refractivity (Wildman–Crippen MR) is 73.2 cm³/mol. The molecule has 1 fully saturated rings. The minimum atomic E-state index is -0.120. The number of aromatic nitrogens is 1. The number of nitrogens with one attached hydrogen (secondary N) is 1. The fourth-order valence-electron chi connectivity index (χ4n) is 2.32. The summed E-state index contributed by atoms with van der Waals surface area (Å²) >= 11 is 11.6. The Hall–Kier alpha value is -1.00. The number of carbonyl (C=O) groups excluding carboxylic acids is 1. The largest absolute Gasteiger partial charge is 0.322 e. The van der Waals surface area contributed by atoms with Gasteiger partial charge in [-0.2, -0.15) is 0 Å². The molecule has 0 aliphatic carbocycles. The lowest BCUT2D eigenvalue weighted by Gasteiger charge is -2.22. The van der Waals surface area contributed by atoms with Crippen LogP contribution in [-0.2, 0) is 0 Å². The van der Waals surface area contributed by atoms with Gasteiger partial charge < -0.3 is 10.2 Å². The van der Waals surface area contributed by atoms with Crippen LogP contribution < -0.4 is 5.32 Å². The minimum Gasteiger partial charge on any atom is -0.322 e. The molecule has 6 heteroatoms. The smallest absolute Gasteiger partial charge is 0.322 e. The van der Waals surface area contributed by atoms with Gasteiger partial charge in [-0.25, -0.2) is 9.78 Å². The predicted octanol–water partition coefficient (Wildman–Crippen LogP) is 3.65. The zero-order chi connectivity index (χ0) is 13.3. The van der Waals surface area contributed by atoms with Crippen LogP contribution in [0.3, 0.4) is 0 Å². The Bertz CT molecular complexity index is 446. The standard InChI is InChI=1S/C12H15Cl2N3O/c1-7-3-8(2)17(6-7)12(18)15-9-4-10(13)16-11(14)5-9/h4-5,7-8H,3,6H2,1-2H3,(H,15,16,18)/t7-,8-/m1/s1. The molecule has 0 spiro atoms. The number of amides is 2. The van der Waals surface area contributed by atoms with Gasteiger partial charge in [-0.1, -0.05) is 30.1 Å². The fourth-order valence-corrected chi connectivity index (χ4v) is 2.78. The number of hydrogen-bond acceptors (Lipinski definition) is 2. The van der Waals surface area contributed by atoms with Crippen molar-refractivity contribution in [3.63, 3.8) is 0 Å². The van der Waals surface area contributed by atoms with Crippen LogP contribution in [0.2, 0.25) is 10.3 Å². The molecule has 18 heavy (non-hydrogen) atoms. The van der Waals surface area contributed by atoms with E-state index in [1.807, 2.05) is 4.90 Å². The number of pyridine rings is 1. The molecular weight excluding hydrogens is 273 g/mol. The molecule has 98 valence electrons. The second-order valence-corrected chi connectivity index (χ2v) is 5.55. The van der Waals surface area contributed by atoms with Crippen LogP contribution >= 0.6 is 23.2 Å². The molecule has 2 atom stereocenters. The summed E-state index contributed by atoms with van der Waals surface area (Å²) in [6, 6.07) is 3.29. The van der Waals surface area contributed by atoms with Crippen LogP contribution in [0, 0.1) is 5.92 Å². The summed E-state index contributed by atoms with van der Waals surface area (Å²) in [4.78, 5) is 17.8. The van der Waals surface area contributed by atoms with E-state index in [1.165, 1.54) is 0 Å². The highest BCUT2D eigenvalue weighted by molar-refractivity contribution is 6.32. The van der Waals surface area contributed by atoms with E-state index in [4.69, 9.17) is 23.2 Å². The van der Waals surface area contributed by atoms with Crippen molar-refractivity contribution in [2.24, 2.45) is 5.92 Å². The maximum absolute atomic E-state index is 12.1. The van der Waals surface area contributed by atoms with Crippen molar-refractivity contribution >= 4 is 34.9 Å². The van der Waals surface area contributed by atoms with Crippen LogP contribution in [0.5, 0.6) is 0 Å². The topological polar surface area (TPSA) is 45.2 Å². The Kier molecular flexibility index (Phi) is 3.97. The number of halogens is 2. The van der Waals surface area contributed by atoms with Gasteiger partial charge in [0.25, 0.3) is 0 Å².